The molecule has 1 atom stereocenters. The van der Waals surface area contributed by atoms with Gasteiger partial charge in [-0.1, -0.05) is 12.1 Å². The summed E-state index contributed by atoms with van der Waals surface area (Å²) in [6.45, 7) is 4.94. The van der Waals surface area contributed by atoms with Crippen LogP contribution >= 0.6 is 0 Å². The third kappa shape index (κ3) is 3.97. The van der Waals surface area contributed by atoms with Crippen LogP contribution in [0.1, 0.15) is 32.3 Å². The smallest absolute Gasteiger partial charge is 0.309 e. The van der Waals surface area contributed by atoms with Crippen LogP contribution in [0.25, 0.3) is 0 Å². The maximum Gasteiger partial charge on any atom is 0.309 e. The molecule has 1 aliphatic heterocycles. The second-order valence-corrected chi connectivity index (χ2v) is 5.97. The molecule has 1 saturated heterocycles. The second kappa shape index (κ2) is 6.27. The SMILES string of the molecule is CC(C)(Cc1ccc(OC2CCCOC2)cc1)C(=O)O. The van der Waals surface area contributed by atoms with E-state index in [1.165, 1.54) is 0 Å². The maximum atomic E-state index is 11.1. The van der Waals surface area contributed by atoms with Crippen molar-refractivity contribution in [1.29, 1.82) is 0 Å². The summed E-state index contributed by atoms with van der Waals surface area (Å²) in [4.78, 5) is 11.1. The number of hydrogen-bond acceptors (Lipinski definition) is 3. The van der Waals surface area contributed by atoms with Crippen LogP contribution in [0.5, 0.6) is 5.75 Å². The summed E-state index contributed by atoms with van der Waals surface area (Å²) >= 11 is 0. The van der Waals surface area contributed by atoms with Gasteiger partial charge in [-0.3, -0.25) is 4.79 Å². The highest BCUT2D eigenvalue weighted by atomic mass is 16.5. The van der Waals surface area contributed by atoms with Gasteiger partial charge >= 0.3 is 5.97 Å². The van der Waals surface area contributed by atoms with Gasteiger partial charge in [0.25, 0.3) is 0 Å². The van der Waals surface area contributed by atoms with E-state index in [2.05, 4.69) is 0 Å². The van der Waals surface area contributed by atoms with Crippen molar-refractivity contribution in [3.05, 3.63) is 29.8 Å². The standard InChI is InChI=1S/C16H22O4/c1-16(2,15(17)18)10-12-5-7-13(8-6-12)20-14-4-3-9-19-11-14/h5-8,14H,3-4,9-11H2,1-2H3,(H,17,18). The molecule has 1 unspecified atom stereocenters. The monoisotopic (exact) mass is 278 g/mol. The Bertz CT molecular complexity index is 444. The van der Waals surface area contributed by atoms with Gasteiger partial charge in [-0.05, 0) is 50.8 Å². The summed E-state index contributed by atoms with van der Waals surface area (Å²) in [5, 5.41) is 9.13. The van der Waals surface area contributed by atoms with Crippen LogP contribution in [0.3, 0.4) is 0 Å². The lowest BCUT2D eigenvalue weighted by atomic mass is 9.86. The predicted octanol–water partition coefficient (Wildman–Crippen LogP) is 2.90. The van der Waals surface area contributed by atoms with Crippen molar-refractivity contribution < 1.29 is 19.4 Å². The van der Waals surface area contributed by atoms with Crippen LogP contribution in [0.4, 0.5) is 0 Å². The van der Waals surface area contributed by atoms with Gasteiger partial charge in [0.2, 0.25) is 0 Å². The Morgan fingerprint density at radius 1 is 1.40 bits per heavy atom. The van der Waals surface area contributed by atoms with Gasteiger partial charge in [0.15, 0.2) is 0 Å². The topological polar surface area (TPSA) is 55.8 Å². The van der Waals surface area contributed by atoms with Crippen molar-refractivity contribution in [3.63, 3.8) is 0 Å². The molecule has 20 heavy (non-hydrogen) atoms. The molecule has 0 saturated carbocycles. The molecule has 1 aromatic carbocycles. The van der Waals surface area contributed by atoms with Gasteiger partial charge in [-0.2, -0.15) is 0 Å². The Hall–Kier alpha value is -1.55. The molecular weight excluding hydrogens is 256 g/mol. The Morgan fingerprint density at radius 3 is 2.65 bits per heavy atom. The minimum absolute atomic E-state index is 0.130. The van der Waals surface area contributed by atoms with E-state index in [0.717, 1.165) is 30.8 Å². The van der Waals surface area contributed by atoms with Crippen LogP contribution < -0.4 is 4.74 Å². The zero-order chi connectivity index (χ0) is 14.6. The highest BCUT2D eigenvalue weighted by Crippen LogP contribution is 2.24. The number of carboxylic acid groups (broad SMARTS) is 1. The first-order chi connectivity index (χ1) is 9.47. The quantitative estimate of drug-likeness (QED) is 0.899. The Kier molecular flexibility index (Phi) is 4.65. The Labute approximate surface area is 119 Å². The van der Waals surface area contributed by atoms with Gasteiger partial charge in [-0.25, -0.2) is 0 Å². The number of aliphatic carboxylic acids is 1. The van der Waals surface area contributed by atoms with Crippen molar-refractivity contribution in [2.75, 3.05) is 13.2 Å². The van der Waals surface area contributed by atoms with Crippen LogP contribution in [-0.4, -0.2) is 30.4 Å². The second-order valence-electron chi connectivity index (χ2n) is 5.97. The fourth-order valence-corrected chi connectivity index (χ4v) is 2.27. The summed E-state index contributed by atoms with van der Waals surface area (Å²) in [5.41, 5.74) is 0.254. The van der Waals surface area contributed by atoms with E-state index in [-0.39, 0.29) is 6.10 Å². The van der Waals surface area contributed by atoms with Crippen LogP contribution in [-0.2, 0) is 16.0 Å². The predicted molar refractivity (Wildman–Crippen MR) is 76.0 cm³/mol. The molecule has 0 aliphatic carbocycles. The molecule has 0 aromatic heterocycles. The van der Waals surface area contributed by atoms with Gasteiger partial charge in [0.1, 0.15) is 11.9 Å². The molecule has 0 radical (unpaired) electrons. The lowest BCUT2D eigenvalue weighted by molar-refractivity contribution is -0.146. The lowest BCUT2D eigenvalue weighted by Gasteiger charge is -2.23. The first kappa shape index (κ1) is 14.9. The molecule has 1 fully saturated rings. The molecule has 0 spiro atoms. The van der Waals surface area contributed by atoms with Gasteiger partial charge < -0.3 is 14.6 Å². The molecule has 1 N–H and O–H groups in total. The van der Waals surface area contributed by atoms with Crippen molar-refractivity contribution in [3.8, 4) is 5.75 Å². The molecule has 1 heterocycles. The zero-order valence-corrected chi connectivity index (χ0v) is 12.1. The van der Waals surface area contributed by atoms with Crippen molar-refractivity contribution >= 4 is 5.97 Å². The molecule has 4 nitrogen and oxygen atoms in total. The van der Waals surface area contributed by atoms with E-state index in [4.69, 9.17) is 14.6 Å². The van der Waals surface area contributed by atoms with Gasteiger partial charge in [0.05, 0.1) is 12.0 Å². The van der Waals surface area contributed by atoms with Crippen molar-refractivity contribution in [2.24, 2.45) is 5.41 Å². The Morgan fingerprint density at radius 2 is 2.10 bits per heavy atom. The molecule has 2 rings (SSSR count). The molecular formula is C16H22O4. The van der Waals surface area contributed by atoms with Crippen LogP contribution in [0.2, 0.25) is 0 Å². The number of hydrogen-bond donors (Lipinski definition) is 1. The first-order valence-electron chi connectivity index (χ1n) is 7.04. The summed E-state index contributed by atoms with van der Waals surface area (Å²) < 4.78 is 11.2. The fraction of sp³-hybridized carbons (Fsp3) is 0.562. The average Bonchev–Trinajstić information content (AvgIpc) is 2.42. The lowest BCUT2D eigenvalue weighted by Crippen LogP contribution is -2.28. The van der Waals surface area contributed by atoms with E-state index in [0.29, 0.717) is 13.0 Å². The van der Waals surface area contributed by atoms with E-state index < -0.39 is 11.4 Å². The molecule has 1 aliphatic rings. The van der Waals surface area contributed by atoms with Crippen molar-refractivity contribution in [1.82, 2.24) is 0 Å². The highest BCUT2D eigenvalue weighted by Gasteiger charge is 2.27. The van der Waals surface area contributed by atoms with Crippen LogP contribution in [0.15, 0.2) is 24.3 Å². The molecule has 4 heteroatoms. The summed E-state index contributed by atoms with van der Waals surface area (Å²) in [5.74, 6) is 0.0366. The summed E-state index contributed by atoms with van der Waals surface area (Å²) in [6.07, 6.45) is 2.70. The van der Waals surface area contributed by atoms with Crippen molar-refractivity contribution in [2.45, 2.75) is 39.2 Å². The zero-order valence-electron chi connectivity index (χ0n) is 12.1. The Balaban J connectivity index is 1.94. The number of carboxylic acids is 1. The third-order valence-electron chi connectivity index (χ3n) is 3.57. The molecule has 110 valence electrons. The minimum atomic E-state index is -0.780. The summed E-state index contributed by atoms with van der Waals surface area (Å²) in [6, 6.07) is 7.68. The molecule has 0 amide bonds. The fourth-order valence-electron chi connectivity index (χ4n) is 2.27. The van der Waals surface area contributed by atoms with Gasteiger partial charge in [-0.15, -0.1) is 0 Å². The number of benzene rings is 1. The van der Waals surface area contributed by atoms with E-state index in [1.54, 1.807) is 13.8 Å². The highest BCUT2D eigenvalue weighted by molar-refractivity contribution is 5.74. The van der Waals surface area contributed by atoms with Gasteiger partial charge in [0, 0.05) is 6.61 Å². The molecule has 0 bridgehead atoms. The first-order valence-corrected chi connectivity index (χ1v) is 7.04. The number of carbonyl (C=O) groups is 1. The molecule has 1 aromatic rings. The minimum Gasteiger partial charge on any atom is -0.488 e. The van der Waals surface area contributed by atoms with E-state index in [9.17, 15) is 4.79 Å². The van der Waals surface area contributed by atoms with E-state index in [1.807, 2.05) is 24.3 Å². The largest absolute Gasteiger partial charge is 0.488 e. The van der Waals surface area contributed by atoms with E-state index >= 15 is 0 Å². The maximum absolute atomic E-state index is 11.1. The third-order valence-corrected chi connectivity index (χ3v) is 3.57. The number of rotatable bonds is 5. The van der Waals surface area contributed by atoms with Crippen LogP contribution in [0, 0.1) is 5.41 Å². The number of ether oxygens (including phenoxy) is 2. The average molecular weight is 278 g/mol. The normalized spacial score (nSPS) is 19.6. The summed E-state index contributed by atoms with van der Waals surface area (Å²) in [7, 11) is 0.